The maximum atomic E-state index is 6.13. The van der Waals surface area contributed by atoms with Crippen molar-refractivity contribution in [2.75, 3.05) is 7.05 Å². The number of furan rings is 1. The largest absolute Gasteiger partial charge is 0.472 e. The minimum absolute atomic E-state index is 0.122. The van der Waals surface area contributed by atoms with Gasteiger partial charge in [0.25, 0.3) is 0 Å². The van der Waals surface area contributed by atoms with Gasteiger partial charge in [-0.2, -0.15) is 0 Å². The first-order chi connectivity index (χ1) is 7.72. The molecule has 0 bridgehead atoms. The number of hydrogen-bond acceptors (Lipinski definition) is 2. The summed E-state index contributed by atoms with van der Waals surface area (Å²) < 4.78 is 5.10. The molecule has 0 aliphatic carbocycles. The zero-order valence-corrected chi connectivity index (χ0v) is 10.1. The van der Waals surface area contributed by atoms with Crippen LogP contribution in [0.25, 0.3) is 0 Å². The molecule has 0 saturated heterocycles. The first-order valence-corrected chi connectivity index (χ1v) is 5.55. The Morgan fingerprint density at radius 1 is 1.25 bits per heavy atom. The van der Waals surface area contributed by atoms with E-state index in [9.17, 15) is 0 Å². The van der Waals surface area contributed by atoms with Gasteiger partial charge in [0, 0.05) is 10.6 Å². The number of nitrogens with one attached hydrogen (secondary N) is 1. The van der Waals surface area contributed by atoms with Crippen molar-refractivity contribution in [2.24, 2.45) is 0 Å². The van der Waals surface area contributed by atoms with Crippen LogP contribution in [0.15, 0.2) is 41.2 Å². The monoisotopic (exact) mass is 235 g/mol. The molecule has 1 heterocycles. The highest BCUT2D eigenvalue weighted by Crippen LogP contribution is 2.26. The van der Waals surface area contributed by atoms with Crippen molar-refractivity contribution in [1.82, 2.24) is 5.32 Å². The predicted molar refractivity (Wildman–Crippen MR) is 65.8 cm³/mol. The number of hydrogen-bond donors (Lipinski definition) is 1. The first kappa shape index (κ1) is 11.2. The van der Waals surface area contributed by atoms with E-state index < -0.39 is 0 Å². The van der Waals surface area contributed by atoms with Crippen molar-refractivity contribution in [3.05, 3.63) is 58.5 Å². The topological polar surface area (TPSA) is 25.2 Å². The van der Waals surface area contributed by atoms with E-state index in [1.807, 2.05) is 32.2 Å². The average Bonchev–Trinajstić information content (AvgIpc) is 2.78. The molecule has 0 aliphatic heterocycles. The minimum atomic E-state index is 0.122. The molecule has 1 aromatic carbocycles. The fourth-order valence-corrected chi connectivity index (χ4v) is 1.94. The molecule has 0 aliphatic rings. The van der Waals surface area contributed by atoms with Crippen LogP contribution in [0.4, 0.5) is 0 Å². The summed E-state index contributed by atoms with van der Waals surface area (Å²) in [6, 6.07) is 8.18. The number of aryl methyl sites for hydroxylation is 1. The van der Waals surface area contributed by atoms with Crippen LogP contribution < -0.4 is 5.32 Å². The van der Waals surface area contributed by atoms with Gasteiger partial charge >= 0.3 is 0 Å². The van der Waals surface area contributed by atoms with Crippen LogP contribution in [0, 0.1) is 6.92 Å². The van der Waals surface area contributed by atoms with E-state index in [-0.39, 0.29) is 6.04 Å². The van der Waals surface area contributed by atoms with Crippen molar-refractivity contribution in [3.63, 3.8) is 0 Å². The Morgan fingerprint density at radius 3 is 2.62 bits per heavy atom. The van der Waals surface area contributed by atoms with Crippen LogP contribution in [-0.2, 0) is 0 Å². The zero-order valence-electron chi connectivity index (χ0n) is 9.33. The molecule has 1 aromatic heterocycles. The standard InChI is InChI=1S/C13H14ClNO/c1-9-3-4-10(7-12(9)14)13(15-2)11-5-6-16-8-11/h3-8,13,15H,1-2H3. The average molecular weight is 236 g/mol. The molecular weight excluding hydrogens is 222 g/mol. The second kappa shape index (κ2) is 4.73. The summed E-state index contributed by atoms with van der Waals surface area (Å²) in [7, 11) is 1.92. The number of benzene rings is 1. The Bertz CT molecular complexity index is 465. The van der Waals surface area contributed by atoms with Crippen molar-refractivity contribution in [1.29, 1.82) is 0 Å². The summed E-state index contributed by atoms with van der Waals surface area (Å²) in [6.45, 7) is 2.00. The maximum Gasteiger partial charge on any atom is 0.0953 e. The van der Waals surface area contributed by atoms with Crippen LogP contribution in [0.5, 0.6) is 0 Å². The Morgan fingerprint density at radius 2 is 2.06 bits per heavy atom. The molecule has 1 atom stereocenters. The van der Waals surface area contributed by atoms with Gasteiger partial charge in [-0.25, -0.2) is 0 Å². The van der Waals surface area contributed by atoms with Crippen LogP contribution in [-0.4, -0.2) is 7.05 Å². The highest BCUT2D eigenvalue weighted by atomic mass is 35.5. The van der Waals surface area contributed by atoms with E-state index in [0.29, 0.717) is 0 Å². The van der Waals surface area contributed by atoms with Gasteiger partial charge in [0.1, 0.15) is 0 Å². The van der Waals surface area contributed by atoms with Gasteiger partial charge in [-0.15, -0.1) is 0 Å². The Kier molecular flexibility index (Phi) is 3.32. The normalized spacial score (nSPS) is 12.7. The van der Waals surface area contributed by atoms with Crippen LogP contribution in [0.1, 0.15) is 22.7 Å². The summed E-state index contributed by atoms with van der Waals surface area (Å²) in [4.78, 5) is 0. The van der Waals surface area contributed by atoms with E-state index in [1.165, 1.54) is 0 Å². The van der Waals surface area contributed by atoms with Crippen LogP contribution in [0.2, 0.25) is 5.02 Å². The summed E-state index contributed by atoms with van der Waals surface area (Å²) in [5, 5.41) is 4.04. The third kappa shape index (κ3) is 2.13. The van der Waals surface area contributed by atoms with Crippen LogP contribution in [0.3, 0.4) is 0 Å². The van der Waals surface area contributed by atoms with E-state index in [1.54, 1.807) is 12.5 Å². The molecule has 84 valence electrons. The molecule has 2 rings (SSSR count). The lowest BCUT2D eigenvalue weighted by Crippen LogP contribution is -2.16. The molecular formula is C13H14ClNO. The van der Waals surface area contributed by atoms with E-state index in [0.717, 1.165) is 21.7 Å². The lowest BCUT2D eigenvalue weighted by molar-refractivity contribution is 0.557. The smallest absolute Gasteiger partial charge is 0.0953 e. The summed E-state index contributed by atoms with van der Waals surface area (Å²) in [5.41, 5.74) is 3.33. The SMILES string of the molecule is CNC(c1ccoc1)c1ccc(C)c(Cl)c1. The fraction of sp³-hybridized carbons (Fsp3) is 0.231. The Balaban J connectivity index is 2.37. The third-order valence-electron chi connectivity index (χ3n) is 2.69. The summed E-state index contributed by atoms with van der Waals surface area (Å²) in [5.74, 6) is 0. The highest BCUT2D eigenvalue weighted by molar-refractivity contribution is 6.31. The second-order valence-corrected chi connectivity index (χ2v) is 4.19. The molecule has 2 aromatic rings. The van der Waals surface area contributed by atoms with Gasteiger partial charge < -0.3 is 9.73 Å². The molecule has 3 heteroatoms. The van der Waals surface area contributed by atoms with Gasteiger partial charge in [-0.1, -0.05) is 23.7 Å². The van der Waals surface area contributed by atoms with Gasteiger partial charge in [0.15, 0.2) is 0 Å². The molecule has 16 heavy (non-hydrogen) atoms. The van der Waals surface area contributed by atoms with Gasteiger partial charge in [-0.3, -0.25) is 0 Å². The second-order valence-electron chi connectivity index (χ2n) is 3.79. The van der Waals surface area contributed by atoms with E-state index >= 15 is 0 Å². The Hall–Kier alpha value is -1.25. The summed E-state index contributed by atoms with van der Waals surface area (Å²) in [6.07, 6.45) is 3.42. The molecule has 0 spiro atoms. The van der Waals surface area contributed by atoms with E-state index in [2.05, 4.69) is 11.4 Å². The predicted octanol–water partition coefficient (Wildman–Crippen LogP) is 3.55. The number of halogens is 1. The molecule has 0 radical (unpaired) electrons. The highest BCUT2D eigenvalue weighted by Gasteiger charge is 2.13. The van der Waals surface area contributed by atoms with Gasteiger partial charge in [0.05, 0.1) is 18.6 Å². The van der Waals surface area contributed by atoms with Crippen molar-refractivity contribution in [2.45, 2.75) is 13.0 Å². The van der Waals surface area contributed by atoms with Crippen molar-refractivity contribution >= 4 is 11.6 Å². The molecule has 1 unspecified atom stereocenters. The van der Waals surface area contributed by atoms with Crippen molar-refractivity contribution in [3.8, 4) is 0 Å². The zero-order chi connectivity index (χ0) is 11.5. The maximum absolute atomic E-state index is 6.13. The molecule has 1 N–H and O–H groups in total. The molecule has 2 nitrogen and oxygen atoms in total. The first-order valence-electron chi connectivity index (χ1n) is 5.18. The molecule has 0 saturated carbocycles. The summed E-state index contributed by atoms with van der Waals surface area (Å²) >= 11 is 6.13. The fourth-order valence-electron chi connectivity index (χ4n) is 1.75. The quantitative estimate of drug-likeness (QED) is 0.880. The van der Waals surface area contributed by atoms with Crippen LogP contribution >= 0.6 is 11.6 Å². The molecule has 0 amide bonds. The van der Waals surface area contributed by atoms with Gasteiger partial charge in [-0.05, 0) is 37.2 Å². The lowest BCUT2D eigenvalue weighted by Gasteiger charge is -2.15. The van der Waals surface area contributed by atoms with Gasteiger partial charge in [0.2, 0.25) is 0 Å². The molecule has 0 fully saturated rings. The Labute approximate surface area is 100 Å². The van der Waals surface area contributed by atoms with E-state index in [4.69, 9.17) is 16.0 Å². The minimum Gasteiger partial charge on any atom is -0.472 e. The van der Waals surface area contributed by atoms with Crippen molar-refractivity contribution < 1.29 is 4.42 Å². The lowest BCUT2D eigenvalue weighted by atomic mass is 10.0. The number of rotatable bonds is 3. The third-order valence-corrected chi connectivity index (χ3v) is 3.10.